The topological polar surface area (TPSA) is 24.1 Å². The second-order valence-electron chi connectivity index (χ2n) is 13.0. The average Bonchev–Trinajstić information content (AvgIpc) is 3.29. The molecule has 4 aromatic rings. The Labute approximate surface area is 252 Å². The van der Waals surface area contributed by atoms with Crippen LogP contribution in [-0.4, -0.2) is 0 Å². The lowest BCUT2D eigenvalue weighted by Gasteiger charge is -2.20. The minimum atomic E-state index is 0.485. The summed E-state index contributed by atoms with van der Waals surface area (Å²) in [5.74, 6) is 2.02. The van der Waals surface area contributed by atoms with Gasteiger partial charge < -0.3 is 10.6 Å². The van der Waals surface area contributed by atoms with E-state index in [1.54, 1.807) is 0 Å². The zero-order valence-electron chi connectivity index (χ0n) is 26.0. The van der Waals surface area contributed by atoms with E-state index < -0.39 is 0 Å². The first-order valence-electron chi connectivity index (χ1n) is 15.7. The summed E-state index contributed by atoms with van der Waals surface area (Å²) in [6.45, 7) is 13.7. The average molecular weight is 553 g/mol. The summed E-state index contributed by atoms with van der Waals surface area (Å²) in [5, 5.41) is 7.46. The number of hydrogen-bond donors (Lipinski definition) is 2. The highest BCUT2D eigenvalue weighted by Crippen LogP contribution is 2.37. The summed E-state index contributed by atoms with van der Waals surface area (Å²) in [6, 6.07) is 27.5. The molecule has 2 aliphatic rings. The van der Waals surface area contributed by atoms with Gasteiger partial charge in [-0.2, -0.15) is 0 Å². The van der Waals surface area contributed by atoms with E-state index in [4.69, 9.17) is 0 Å². The fourth-order valence-electron chi connectivity index (χ4n) is 6.13. The Hall–Kier alpha value is -4.04. The van der Waals surface area contributed by atoms with E-state index in [2.05, 4.69) is 149 Å². The second-order valence-corrected chi connectivity index (χ2v) is 13.0. The van der Waals surface area contributed by atoms with E-state index in [0.717, 1.165) is 12.8 Å². The van der Waals surface area contributed by atoms with E-state index >= 15 is 0 Å². The van der Waals surface area contributed by atoms with Crippen LogP contribution in [0.15, 0.2) is 72.8 Å². The van der Waals surface area contributed by atoms with Gasteiger partial charge in [-0.1, -0.05) is 102 Å². The van der Waals surface area contributed by atoms with Crippen LogP contribution >= 0.6 is 0 Å². The molecule has 0 saturated heterocycles. The molecule has 4 aromatic carbocycles. The monoisotopic (exact) mass is 552 g/mol. The molecule has 2 aliphatic heterocycles. The zero-order chi connectivity index (χ0) is 29.4. The van der Waals surface area contributed by atoms with Crippen molar-refractivity contribution in [1.82, 2.24) is 0 Å². The van der Waals surface area contributed by atoms with Crippen LogP contribution in [-0.2, 0) is 0 Å². The van der Waals surface area contributed by atoms with E-state index in [0.29, 0.717) is 23.7 Å². The number of nitrogens with one attached hydrogen (secondary N) is 2. The van der Waals surface area contributed by atoms with Gasteiger partial charge in [-0.25, -0.2) is 0 Å². The molecule has 42 heavy (non-hydrogen) atoms. The maximum absolute atomic E-state index is 3.73. The van der Waals surface area contributed by atoms with E-state index in [-0.39, 0.29) is 0 Å². The third-order valence-corrected chi connectivity index (χ3v) is 9.23. The lowest BCUT2D eigenvalue weighted by Crippen LogP contribution is -2.02. The van der Waals surface area contributed by atoms with Crippen molar-refractivity contribution in [3.05, 3.63) is 117 Å². The van der Waals surface area contributed by atoms with Gasteiger partial charge in [0.2, 0.25) is 0 Å². The summed E-state index contributed by atoms with van der Waals surface area (Å²) in [5.41, 5.74) is 15.3. The van der Waals surface area contributed by atoms with Crippen molar-refractivity contribution < 1.29 is 0 Å². The van der Waals surface area contributed by atoms with Crippen LogP contribution in [0.2, 0.25) is 0 Å². The van der Waals surface area contributed by atoms with Crippen molar-refractivity contribution in [3.63, 3.8) is 0 Å². The molecule has 2 heterocycles. The Bertz CT molecular complexity index is 1540. The summed E-state index contributed by atoms with van der Waals surface area (Å²) in [7, 11) is 0. The predicted molar refractivity (Wildman–Crippen MR) is 184 cm³/mol. The predicted octanol–water partition coefficient (Wildman–Crippen LogP) is 12.1. The van der Waals surface area contributed by atoms with Crippen LogP contribution in [0.1, 0.15) is 123 Å². The Morgan fingerprint density at radius 2 is 0.786 bits per heavy atom. The Kier molecular flexibility index (Phi) is 7.82. The third kappa shape index (κ3) is 5.81. The van der Waals surface area contributed by atoms with Gasteiger partial charge in [0.1, 0.15) is 0 Å². The lowest BCUT2D eigenvalue weighted by atomic mass is 9.88. The number of anilines is 4. The quantitative estimate of drug-likeness (QED) is 0.206. The van der Waals surface area contributed by atoms with Gasteiger partial charge in [0.05, 0.1) is 0 Å². The molecular formula is C40H44N2. The van der Waals surface area contributed by atoms with Crippen LogP contribution < -0.4 is 10.6 Å². The molecule has 2 atom stereocenters. The van der Waals surface area contributed by atoms with Crippen LogP contribution in [0.25, 0.3) is 24.3 Å². The molecule has 0 fully saturated rings. The van der Waals surface area contributed by atoms with Crippen LogP contribution in [0.5, 0.6) is 0 Å². The van der Waals surface area contributed by atoms with Crippen molar-refractivity contribution in [2.45, 2.75) is 78.1 Å². The first-order chi connectivity index (χ1) is 20.2. The standard InChI is InChI=1S/C40H44N2/c1-25(2)31-17-19-37-35(21-31)15-11-29-9-13-33(23-39(29)41-37)27(5)7-8-28(6)34-14-10-30-12-16-36-22-32(26(3)4)18-20-38(36)42-40(30)24-34/h9-28,41-42H,7-8H2,1-6H3. The molecule has 2 unspecified atom stereocenters. The third-order valence-electron chi connectivity index (χ3n) is 9.23. The molecule has 0 spiro atoms. The Morgan fingerprint density at radius 3 is 1.19 bits per heavy atom. The van der Waals surface area contributed by atoms with Crippen molar-refractivity contribution in [1.29, 1.82) is 0 Å². The molecule has 6 rings (SSSR count). The Morgan fingerprint density at radius 1 is 0.405 bits per heavy atom. The minimum absolute atomic E-state index is 0.485. The van der Waals surface area contributed by atoms with Gasteiger partial charge in [-0.3, -0.25) is 0 Å². The summed E-state index contributed by atoms with van der Waals surface area (Å²) >= 11 is 0. The molecule has 0 radical (unpaired) electrons. The molecule has 2 nitrogen and oxygen atoms in total. The fraction of sp³-hybridized carbons (Fsp3) is 0.300. The van der Waals surface area contributed by atoms with E-state index in [9.17, 15) is 0 Å². The molecular weight excluding hydrogens is 508 g/mol. The van der Waals surface area contributed by atoms with Crippen molar-refractivity contribution >= 4 is 47.1 Å². The second kappa shape index (κ2) is 11.7. The number of rotatable bonds is 7. The highest BCUT2D eigenvalue weighted by molar-refractivity contribution is 5.89. The SMILES string of the molecule is CC(C)c1ccc2c(c1)C=Cc1ccc(C(C)CCC(C)c3ccc4c(c3)Nc3ccc(C(C)C)cc3C=C4)cc1N2. The van der Waals surface area contributed by atoms with Gasteiger partial charge in [0.15, 0.2) is 0 Å². The lowest BCUT2D eigenvalue weighted by molar-refractivity contribution is 0.574. The van der Waals surface area contributed by atoms with Gasteiger partial charge in [-0.05, 0) is 117 Å². The highest BCUT2D eigenvalue weighted by atomic mass is 14.9. The van der Waals surface area contributed by atoms with Gasteiger partial charge in [0, 0.05) is 22.7 Å². The van der Waals surface area contributed by atoms with E-state index in [1.165, 1.54) is 67.3 Å². The summed E-state index contributed by atoms with van der Waals surface area (Å²) in [6.07, 6.45) is 11.3. The molecule has 0 aromatic heterocycles. The highest BCUT2D eigenvalue weighted by Gasteiger charge is 2.17. The molecule has 0 amide bonds. The van der Waals surface area contributed by atoms with Gasteiger partial charge in [0.25, 0.3) is 0 Å². The molecule has 2 heteroatoms. The maximum Gasteiger partial charge on any atom is 0.0460 e. The Balaban J connectivity index is 1.13. The summed E-state index contributed by atoms with van der Waals surface area (Å²) in [4.78, 5) is 0. The van der Waals surface area contributed by atoms with Gasteiger partial charge in [-0.15, -0.1) is 0 Å². The molecule has 2 N–H and O–H groups in total. The minimum Gasteiger partial charge on any atom is -0.355 e. The van der Waals surface area contributed by atoms with E-state index in [1.807, 2.05) is 0 Å². The fourth-order valence-corrected chi connectivity index (χ4v) is 6.13. The van der Waals surface area contributed by atoms with Gasteiger partial charge >= 0.3 is 0 Å². The maximum atomic E-state index is 3.73. The number of hydrogen-bond acceptors (Lipinski definition) is 2. The normalized spacial score (nSPS) is 14.6. The number of benzene rings is 4. The van der Waals surface area contributed by atoms with Crippen LogP contribution in [0.4, 0.5) is 22.7 Å². The van der Waals surface area contributed by atoms with Crippen molar-refractivity contribution in [2.75, 3.05) is 10.6 Å². The first-order valence-corrected chi connectivity index (χ1v) is 15.7. The largest absolute Gasteiger partial charge is 0.355 e. The molecule has 0 bridgehead atoms. The van der Waals surface area contributed by atoms with Crippen molar-refractivity contribution in [3.8, 4) is 0 Å². The molecule has 214 valence electrons. The molecule has 0 aliphatic carbocycles. The molecule has 0 saturated carbocycles. The zero-order valence-corrected chi connectivity index (χ0v) is 26.0. The first kappa shape index (κ1) is 28.1. The van der Waals surface area contributed by atoms with Crippen LogP contribution in [0, 0.1) is 0 Å². The van der Waals surface area contributed by atoms with Crippen LogP contribution in [0.3, 0.4) is 0 Å². The smallest absolute Gasteiger partial charge is 0.0460 e. The van der Waals surface area contributed by atoms with Crippen molar-refractivity contribution in [2.24, 2.45) is 0 Å². The number of fused-ring (bicyclic) bond motifs is 4. The summed E-state index contributed by atoms with van der Waals surface area (Å²) < 4.78 is 0.